The zero-order valence-electron chi connectivity index (χ0n) is 6.10. The second-order valence-corrected chi connectivity index (χ2v) is 4.16. The van der Waals surface area contributed by atoms with Crippen molar-refractivity contribution in [3.05, 3.63) is 35.9 Å². The second kappa shape index (κ2) is 3.89. The highest BCUT2D eigenvalue weighted by Crippen LogP contribution is 2.07. The van der Waals surface area contributed by atoms with Crippen LogP contribution in [0.15, 0.2) is 30.3 Å². The van der Waals surface area contributed by atoms with Gasteiger partial charge in [-0.1, -0.05) is 30.3 Å². The Labute approximate surface area is 76.2 Å². The zero-order valence-corrected chi connectivity index (χ0v) is 7.68. The van der Waals surface area contributed by atoms with E-state index in [1.807, 2.05) is 0 Å². The lowest BCUT2D eigenvalue weighted by Crippen LogP contribution is -2.02. The van der Waals surface area contributed by atoms with Crippen molar-refractivity contribution in [3.8, 4) is 0 Å². The average Bonchev–Trinajstić information content (AvgIpc) is 2.06. The first-order valence-electron chi connectivity index (χ1n) is 3.21. The second-order valence-electron chi connectivity index (χ2n) is 2.25. The maximum atomic E-state index is 10.8. The summed E-state index contributed by atoms with van der Waals surface area (Å²) in [4.78, 5) is 0. The van der Waals surface area contributed by atoms with E-state index in [2.05, 4.69) is 3.74 Å². The van der Waals surface area contributed by atoms with Crippen LogP contribution in [0.25, 0.3) is 0 Å². The molecule has 0 aliphatic carbocycles. The topological polar surface area (TPSA) is 43.4 Å². The lowest BCUT2D eigenvalue weighted by Gasteiger charge is -1.97. The minimum Gasteiger partial charge on any atom is -0.198 e. The molecule has 1 aromatic rings. The molecule has 66 valence electrons. The molecule has 0 amide bonds. The van der Waals surface area contributed by atoms with E-state index in [9.17, 15) is 8.42 Å². The molecule has 0 fully saturated rings. The van der Waals surface area contributed by atoms with Gasteiger partial charge in [0.05, 0.1) is 11.9 Å². The minimum absolute atomic E-state index is 0.197. The normalized spacial score (nSPS) is 11.4. The SMILES string of the molecule is O=S(=O)(Cc1ccccc1)OCl. The molecule has 0 aromatic heterocycles. The Morgan fingerprint density at radius 1 is 1.25 bits per heavy atom. The van der Waals surface area contributed by atoms with Gasteiger partial charge in [0.1, 0.15) is 5.75 Å². The monoisotopic (exact) mass is 206 g/mol. The Morgan fingerprint density at radius 3 is 2.33 bits per heavy atom. The molecule has 0 bridgehead atoms. The number of hydrogen-bond donors (Lipinski definition) is 0. The summed E-state index contributed by atoms with van der Waals surface area (Å²) in [7, 11) is -3.61. The Balaban J connectivity index is 2.78. The quantitative estimate of drug-likeness (QED) is 0.756. The molecule has 12 heavy (non-hydrogen) atoms. The molecule has 0 aliphatic rings. The predicted octanol–water partition coefficient (Wildman–Crippen LogP) is 1.69. The molecule has 0 spiro atoms. The van der Waals surface area contributed by atoms with E-state index in [1.165, 1.54) is 0 Å². The zero-order chi connectivity index (χ0) is 9.03. The fraction of sp³-hybridized carbons (Fsp3) is 0.143. The van der Waals surface area contributed by atoms with Gasteiger partial charge in [-0.2, -0.15) is 12.2 Å². The largest absolute Gasteiger partial charge is 0.287 e. The summed E-state index contributed by atoms with van der Waals surface area (Å²) < 4.78 is 25.4. The van der Waals surface area contributed by atoms with Crippen LogP contribution < -0.4 is 0 Å². The van der Waals surface area contributed by atoms with E-state index in [1.54, 1.807) is 30.3 Å². The molecular weight excluding hydrogens is 200 g/mol. The summed E-state index contributed by atoms with van der Waals surface area (Å²) in [5, 5.41) is 0. The maximum Gasteiger partial charge on any atom is 0.287 e. The van der Waals surface area contributed by atoms with Crippen molar-refractivity contribution in [2.75, 3.05) is 0 Å². The van der Waals surface area contributed by atoms with Crippen molar-refractivity contribution in [2.24, 2.45) is 0 Å². The first-order valence-corrected chi connectivity index (χ1v) is 5.09. The molecule has 0 saturated carbocycles. The highest BCUT2D eigenvalue weighted by Gasteiger charge is 2.10. The molecule has 0 unspecified atom stereocenters. The standard InChI is InChI=1S/C7H7ClO3S/c8-11-12(9,10)6-7-4-2-1-3-5-7/h1-5H,6H2. The maximum absolute atomic E-state index is 10.8. The molecule has 0 saturated heterocycles. The summed E-state index contributed by atoms with van der Waals surface area (Å²) in [6, 6.07) is 8.68. The highest BCUT2D eigenvalue weighted by molar-refractivity contribution is 7.86. The van der Waals surface area contributed by atoms with Crippen LogP contribution in [0.3, 0.4) is 0 Å². The molecular formula is C7H7ClO3S. The van der Waals surface area contributed by atoms with Crippen LogP contribution in [-0.2, 0) is 19.6 Å². The molecule has 1 rings (SSSR count). The summed E-state index contributed by atoms with van der Waals surface area (Å²) in [5.74, 6) is -0.197. The van der Waals surface area contributed by atoms with E-state index in [-0.39, 0.29) is 5.75 Å². The van der Waals surface area contributed by atoms with Crippen LogP contribution in [0.1, 0.15) is 5.56 Å². The van der Waals surface area contributed by atoms with Gasteiger partial charge >= 0.3 is 0 Å². The minimum atomic E-state index is -3.61. The number of benzene rings is 1. The van der Waals surface area contributed by atoms with E-state index in [0.717, 1.165) is 0 Å². The highest BCUT2D eigenvalue weighted by atomic mass is 35.5. The van der Waals surface area contributed by atoms with Crippen molar-refractivity contribution in [3.63, 3.8) is 0 Å². The molecule has 0 heterocycles. The van der Waals surface area contributed by atoms with Crippen molar-refractivity contribution >= 4 is 22.0 Å². The van der Waals surface area contributed by atoms with Crippen molar-refractivity contribution in [1.29, 1.82) is 0 Å². The van der Waals surface area contributed by atoms with Crippen LogP contribution in [0, 0.1) is 0 Å². The molecule has 5 heteroatoms. The van der Waals surface area contributed by atoms with Crippen molar-refractivity contribution < 1.29 is 12.2 Å². The molecule has 0 atom stereocenters. The Kier molecular flexibility index (Phi) is 3.08. The van der Waals surface area contributed by atoms with E-state index < -0.39 is 10.1 Å². The fourth-order valence-corrected chi connectivity index (χ4v) is 1.58. The summed E-state index contributed by atoms with van der Waals surface area (Å²) in [5.41, 5.74) is 0.651. The van der Waals surface area contributed by atoms with E-state index >= 15 is 0 Å². The van der Waals surface area contributed by atoms with Crippen LogP contribution in [0.5, 0.6) is 0 Å². The van der Waals surface area contributed by atoms with Gasteiger partial charge < -0.3 is 0 Å². The van der Waals surface area contributed by atoms with E-state index in [4.69, 9.17) is 11.9 Å². The molecule has 0 radical (unpaired) electrons. The third kappa shape index (κ3) is 2.81. The molecule has 0 N–H and O–H groups in total. The summed E-state index contributed by atoms with van der Waals surface area (Å²) >= 11 is 4.76. The van der Waals surface area contributed by atoms with Crippen molar-refractivity contribution in [1.82, 2.24) is 0 Å². The fourth-order valence-electron chi connectivity index (χ4n) is 0.801. The van der Waals surface area contributed by atoms with Crippen LogP contribution in [0.2, 0.25) is 0 Å². The van der Waals surface area contributed by atoms with Gasteiger partial charge in [0.2, 0.25) is 0 Å². The summed E-state index contributed by atoms with van der Waals surface area (Å²) in [6.45, 7) is 0. The van der Waals surface area contributed by atoms with Gasteiger partial charge in [-0.3, -0.25) is 0 Å². The Morgan fingerprint density at radius 2 is 1.83 bits per heavy atom. The molecule has 1 aromatic carbocycles. The van der Waals surface area contributed by atoms with Gasteiger partial charge in [-0.25, -0.2) is 0 Å². The van der Waals surface area contributed by atoms with Gasteiger partial charge in [0, 0.05) is 0 Å². The van der Waals surface area contributed by atoms with Gasteiger partial charge in [-0.05, 0) is 5.56 Å². The van der Waals surface area contributed by atoms with Crippen molar-refractivity contribution in [2.45, 2.75) is 5.75 Å². The van der Waals surface area contributed by atoms with Gasteiger partial charge in [-0.15, -0.1) is 0 Å². The Bertz CT molecular complexity index is 333. The van der Waals surface area contributed by atoms with Gasteiger partial charge in [0.25, 0.3) is 10.1 Å². The third-order valence-corrected chi connectivity index (χ3v) is 2.74. The van der Waals surface area contributed by atoms with Crippen LogP contribution >= 0.6 is 11.9 Å². The Hall–Kier alpha value is -0.580. The number of hydrogen-bond acceptors (Lipinski definition) is 3. The predicted molar refractivity (Wildman–Crippen MR) is 46.0 cm³/mol. The third-order valence-electron chi connectivity index (χ3n) is 1.28. The van der Waals surface area contributed by atoms with Crippen LogP contribution in [-0.4, -0.2) is 8.42 Å². The van der Waals surface area contributed by atoms with E-state index in [0.29, 0.717) is 5.56 Å². The van der Waals surface area contributed by atoms with Gasteiger partial charge in [0.15, 0.2) is 0 Å². The first-order chi connectivity index (χ1) is 5.64. The smallest absolute Gasteiger partial charge is 0.198 e. The average molecular weight is 207 g/mol. The van der Waals surface area contributed by atoms with Crippen LogP contribution in [0.4, 0.5) is 0 Å². The molecule has 3 nitrogen and oxygen atoms in total. The lowest BCUT2D eigenvalue weighted by molar-refractivity contribution is 0.508. The first kappa shape index (κ1) is 9.51. The number of halogens is 1. The lowest BCUT2D eigenvalue weighted by atomic mass is 10.2. The molecule has 0 aliphatic heterocycles. The summed E-state index contributed by atoms with van der Waals surface area (Å²) in [6.07, 6.45) is 0. The number of rotatable bonds is 3.